The van der Waals surface area contributed by atoms with Crippen LogP contribution < -0.4 is 15.8 Å². The number of ether oxygens (including phenoxy) is 1. The average Bonchev–Trinajstić information content (AvgIpc) is 3.09. The summed E-state index contributed by atoms with van der Waals surface area (Å²) in [6, 6.07) is 4.45. The number of sulfonamides is 1. The minimum atomic E-state index is -3.65. The highest BCUT2D eigenvalue weighted by molar-refractivity contribution is 7.89. The molecule has 1 amide bonds. The molecule has 1 aliphatic heterocycles. The van der Waals surface area contributed by atoms with Crippen molar-refractivity contribution in [1.29, 1.82) is 0 Å². The van der Waals surface area contributed by atoms with Crippen LogP contribution in [-0.4, -0.2) is 51.9 Å². The monoisotopic (exact) mass is 341 g/mol. The first kappa shape index (κ1) is 17.7. The molecular formula is C15H23N3O4S. The van der Waals surface area contributed by atoms with E-state index in [4.69, 9.17) is 10.5 Å². The molecule has 0 radical (unpaired) electrons. The molecule has 0 aromatic heterocycles. The molecule has 1 saturated heterocycles. The maximum absolute atomic E-state index is 12.7. The van der Waals surface area contributed by atoms with Gasteiger partial charge in [0.25, 0.3) is 5.91 Å². The molecule has 7 nitrogen and oxygen atoms in total. The lowest BCUT2D eigenvalue weighted by molar-refractivity contribution is 0.0953. The molecule has 3 N–H and O–H groups in total. The minimum absolute atomic E-state index is 0.0355. The molecule has 8 heteroatoms. The van der Waals surface area contributed by atoms with Crippen LogP contribution in [-0.2, 0) is 10.0 Å². The van der Waals surface area contributed by atoms with Crippen LogP contribution in [0.25, 0.3) is 0 Å². The third kappa shape index (κ3) is 4.01. The van der Waals surface area contributed by atoms with Crippen molar-refractivity contribution in [2.75, 3.05) is 33.3 Å². The second-order valence-electron chi connectivity index (χ2n) is 5.37. The molecule has 1 aromatic carbocycles. The van der Waals surface area contributed by atoms with Crippen molar-refractivity contribution in [2.45, 2.75) is 24.2 Å². The Balaban J connectivity index is 2.30. The van der Waals surface area contributed by atoms with Crippen LogP contribution in [0.3, 0.4) is 0 Å². The van der Waals surface area contributed by atoms with Crippen LogP contribution in [0.1, 0.15) is 29.6 Å². The Bertz CT molecular complexity index is 655. The van der Waals surface area contributed by atoms with E-state index in [1.165, 1.54) is 23.5 Å². The van der Waals surface area contributed by atoms with Gasteiger partial charge in [0, 0.05) is 25.2 Å². The molecule has 23 heavy (non-hydrogen) atoms. The van der Waals surface area contributed by atoms with E-state index in [0.717, 1.165) is 12.8 Å². The Labute approximate surface area is 136 Å². The molecule has 0 aliphatic carbocycles. The molecule has 1 aliphatic rings. The van der Waals surface area contributed by atoms with Gasteiger partial charge in [-0.25, -0.2) is 8.42 Å². The summed E-state index contributed by atoms with van der Waals surface area (Å²) in [5, 5.41) is 2.72. The Kier molecular flexibility index (Phi) is 5.97. The van der Waals surface area contributed by atoms with Crippen molar-refractivity contribution < 1.29 is 17.9 Å². The molecule has 1 fully saturated rings. The van der Waals surface area contributed by atoms with Crippen molar-refractivity contribution in [3.63, 3.8) is 0 Å². The molecule has 0 unspecified atom stereocenters. The molecule has 128 valence electrons. The number of hydrogen-bond donors (Lipinski definition) is 2. The van der Waals surface area contributed by atoms with E-state index in [1.54, 1.807) is 6.07 Å². The van der Waals surface area contributed by atoms with Crippen LogP contribution in [0.15, 0.2) is 23.1 Å². The average molecular weight is 341 g/mol. The Morgan fingerprint density at radius 3 is 2.65 bits per heavy atom. The summed E-state index contributed by atoms with van der Waals surface area (Å²) >= 11 is 0. The molecule has 0 bridgehead atoms. The van der Waals surface area contributed by atoms with Gasteiger partial charge in [0.05, 0.1) is 7.11 Å². The van der Waals surface area contributed by atoms with Crippen molar-refractivity contribution >= 4 is 15.9 Å². The fourth-order valence-electron chi connectivity index (χ4n) is 2.49. The van der Waals surface area contributed by atoms with Crippen molar-refractivity contribution in [1.82, 2.24) is 9.62 Å². The van der Waals surface area contributed by atoms with E-state index < -0.39 is 10.0 Å². The van der Waals surface area contributed by atoms with Gasteiger partial charge in [0.15, 0.2) is 0 Å². The lowest BCUT2D eigenvalue weighted by Gasteiger charge is -2.18. The minimum Gasteiger partial charge on any atom is -0.495 e. The van der Waals surface area contributed by atoms with E-state index >= 15 is 0 Å². The number of methoxy groups -OCH3 is 1. The third-order valence-electron chi connectivity index (χ3n) is 3.78. The molecule has 2 rings (SSSR count). The fraction of sp³-hybridized carbons (Fsp3) is 0.533. The van der Waals surface area contributed by atoms with Crippen LogP contribution in [0.2, 0.25) is 0 Å². The van der Waals surface area contributed by atoms with Crippen LogP contribution in [0.5, 0.6) is 5.75 Å². The van der Waals surface area contributed by atoms with Gasteiger partial charge in [0.2, 0.25) is 10.0 Å². The zero-order chi connectivity index (χ0) is 16.9. The topological polar surface area (TPSA) is 102 Å². The number of benzene rings is 1. The summed E-state index contributed by atoms with van der Waals surface area (Å²) in [6.07, 6.45) is 2.36. The van der Waals surface area contributed by atoms with Gasteiger partial charge in [-0.2, -0.15) is 4.31 Å². The van der Waals surface area contributed by atoms with Crippen molar-refractivity contribution in [2.24, 2.45) is 5.73 Å². The summed E-state index contributed by atoms with van der Waals surface area (Å²) in [6.45, 7) is 1.93. The van der Waals surface area contributed by atoms with Gasteiger partial charge in [-0.05, 0) is 44.0 Å². The largest absolute Gasteiger partial charge is 0.495 e. The number of hydrogen-bond acceptors (Lipinski definition) is 5. The number of carbonyl (C=O) groups excluding carboxylic acids is 1. The molecule has 1 aromatic rings. The number of amides is 1. The van der Waals surface area contributed by atoms with E-state index in [2.05, 4.69) is 5.32 Å². The first-order valence-electron chi connectivity index (χ1n) is 7.67. The quantitative estimate of drug-likeness (QED) is 0.706. The number of rotatable bonds is 7. The smallest absolute Gasteiger partial charge is 0.251 e. The highest BCUT2D eigenvalue weighted by atomic mass is 32.2. The first-order chi connectivity index (χ1) is 11.0. The predicted molar refractivity (Wildman–Crippen MR) is 87.0 cm³/mol. The Morgan fingerprint density at radius 1 is 1.35 bits per heavy atom. The molecule has 0 saturated carbocycles. The Morgan fingerprint density at radius 2 is 2.04 bits per heavy atom. The normalized spacial score (nSPS) is 15.6. The van der Waals surface area contributed by atoms with E-state index in [9.17, 15) is 13.2 Å². The lowest BCUT2D eigenvalue weighted by Crippen LogP contribution is -2.29. The first-order valence-corrected chi connectivity index (χ1v) is 9.11. The van der Waals surface area contributed by atoms with Gasteiger partial charge in [-0.3, -0.25) is 4.79 Å². The summed E-state index contributed by atoms with van der Waals surface area (Å²) in [5.41, 5.74) is 5.68. The number of nitrogens with zero attached hydrogens (tertiary/aromatic N) is 1. The van der Waals surface area contributed by atoms with Crippen LogP contribution >= 0.6 is 0 Å². The van der Waals surface area contributed by atoms with Crippen molar-refractivity contribution in [3.8, 4) is 5.75 Å². The fourth-order valence-corrected chi connectivity index (χ4v) is 4.19. The van der Waals surface area contributed by atoms with Crippen molar-refractivity contribution in [3.05, 3.63) is 23.8 Å². The van der Waals surface area contributed by atoms with Crippen LogP contribution in [0.4, 0.5) is 0 Å². The van der Waals surface area contributed by atoms with E-state index in [-0.39, 0.29) is 16.6 Å². The molecule has 0 spiro atoms. The second kappa shape index (κ2) is 7.76. The third-order valence-corrected chi connectivity index (χ3v) is 5.69. The summed E-state index contributed by atoms with van der Waals surface area (Å²) in [5.74, 6) is -0.0746. The maximum atomic E-state index is 12.7. The highest BCUT2D eigenvalue weighted by Crippen LogP contribution is 2.29. The van der Waals surface area contributed by atoms with Gasteiger partial charge >= 0.3 is 0 Å². The molecule has 0 atom stereocenters. The summed E-state index contributed by atoms with van der Waals surface area (Å²) in [7, 11) is -2.24. The van der Waals surface area contributed by atoms with Crippen LogP contribution in [0, 0.1) is 0 Å². The van der Waals surface area contributed by atoms with Gasteiger partial charge in [-0.15, -0.1) is 0 Å². The number of nitrogens with two attached hydrogens (primary N) is 1. The lowest BCUT2D eigenvalue weighted by atomic mass is 10.2. The summed E-state index contributed by atoms with van der Waals surface area (Å²) < 4.78 is 32.1. The highest BCUT2D eigenvalue weighted by Gasteiger charge is 2.30. The number of nitrogens with one attached hydrogen (secondary N) is 1. The predicted octanol–water partition coefficient (Wildman–Crippen LogP) is 0.558. The Hall–Kier alpha value is -1.64. The van der Waals surface area contributed by atoms with E-state index in [0.29, 0.717) is 38.2 Å². The van der Waals surface area contributed by atoms with Gasteiger partial charge in [0.1, 0.15) is 10.6 Å². The van der Waals surface area contributed by atoms with Gasteiger partial charge < -0.3 is 15.8 Å². The standard InChI is InChI=1S/C15H23N3O4S/c1-22-13-6-5-12(15(19)17-8-4-7-16)11-14(13)23(20,21)18-9-2-3-10-18/h5-6,11H,2-4,7-10,16H2,1H3,(H,17,19). The zero-order valence-electron chi connectivity index (χ0n) is 13.2. The second-order valence-corrected chi connectivity index (χ2v) is 7.28. The summed E-state index contributed by atoms with van der Waals surface area (Å²) in [4.78, 5) is 12.2. The van der Waals surface area contributed by atoms with Gasteiger partial charge in [-0.1, -0.05) is 0 Å². The zero-order valence-corrected chi connectivity index (χ0v) is 14.1. The molecular weight excluding hydrogens is 318 g/mol. The molecule has 1 heterocycles. The maximum Gasteiger partial charge on any atom is 0.251 e. The number of carbonyl (C=O) groups is 1. The SMILES string of the molecule is COc1ccc(C(=O)NCCCN)cc1S(=O)(=O)N1CCCC1. The van der Waals surface area contributed by atoms with E-state index in [1.807, 2.05) is 0 Å².